The molecule has 1 aromatic heterocycles. The number of carbonyl (C=O) groups is 2. The first-order valence-electron chi connectivity index (χ1n) is 6.88. The maximum atomic E-state index is 12.5. The molecule has 3 N–H and O–H groups in total. The Morgan fingerprint density at radius 3 is 2.42 bits per heavy atom. The Hall–Kier alpha value is -2.68. The van der Waals surface area contributed by atoms with E-state index in [0.717, 1.165) is 24.3 Å². The van der Waals surface area contributed by atoms with Crippen LogP contribution in [-0.4, -0.2) is 33.5 Å². The Morgan fingerprint density at radius 2 is 1.92 bits per heavy atom. The van der Waals surface area contributed by atoms with Crippen molar-refractivity contribution in [2.45, 2.75) is 19.2 Å². The lowest BCUT2D eigenvalue weighted by molar-refractivity contribution is -0.137. The van der Waals surface area contributed by atoms with Crippen LogP contribution in [0.5, 0.6) is 0 Å². The van der Waals surface area contributed by atoms with Gasteiger partial charge >= 0.3 is 6.18 Å². The molecule has 0 radical (unpaired) electrons. The topological polar surface area (TPSA) is 95.1 Å². The molecule has 9 heteroatoms. The van der Waals surface area contributed by atoms with Crippen molar-refractivity contribution < 1.29 is 27.9 Å². The smallest absolute Gasteiger partial charge is 0.387 e. The maximum absolute atomic E-state index is 12.5. The third kappa shape index (κ3) is 4.19. The van der Waals surface area contributed by atoms with Gasteiger partial charge in [0, 0.05) is 13.5 Å². The highest BCUT2D eigenvalue weighted by atomic mass is 19.4. The quantitative estimate of drug-likeness (QED) is 0.726. The van der Waals surface area contributed by atoms with Gasteiger partial charge in [-0.3, -0.25) is 14.7 Å². The van der Waals surface area contributed by atoms with E-state index >= 15 is 0 Å². The molecule has 2 rings (SSSR count). The molecule has 0 fully saturated rings. The molecule has 128 valence electrons. The van der Waals surface area contributed by atoms with Crippen LogP contribution < -0.4 is 5.32 Å². The Balaban J connectivity index is 1.95. The minimum atomic E-state index is -4.45. The van der Waals surface area contributed by atoms with Crippen LogP contribution in [-0.2, 0) is 6.18 Å². The van der Waals surface area contributed by atoms with E-state index in [1.165, 1.54) is 13.0 Å². The number of nitrogens with one attached hydrogen (secondary N) is 2. The minimum absolute atomic E-state index is 0.0415. The number of aliphatic hydroxyl groups is 1. The van der Waals surface area contributed by atoms with Gasteiger partial charge in [-0.25, -0.2) is 0 Å². The van der Waals surface area contributed by atoms with Crippen LogP contribution >= 0.6 is 0 Å². The van der Waals surface area contributed by atoms with Crippen LogP contribution in [0.25, 0.3) is 0 Å². The summed E-state index contributed by atoms with van der Waals surface area (Å²) in [6, 6.07) is 5.26. The van der Waals surface area contributed by atoms with Gasteiger partial charge in [0.1, 0.15) is 11.4 Å². The number of alkyl halides is 3. The van der Waals surface area contributed by atoms with Gasteiger partial charge in [-0.2, -0.15) is 18.3 Å². The molecule has 0 saturated heterocycles. The number of carbonyl (C=O) groups excluding carboxylic acids is 2. The Kier molecular flexibility index (Phi) is 5.03. The molecule has 0 aliphatic carbocycles. The molecule has 1 amide bonds. The molecule has 1 unspecified atom stereocenters. The van der Waals surface area contributed by atoms with Crippen molar-refractivity contribution in [3.8, 4) is 0 Å². The van der Waals surface area contributed by atoms with Crippen LogP contribution in [0.4, 0.5) is 13.2 Å². The number of benzene rings is 1. The standard InChI is InChI=1S/C15H14F3N3O3/c1-8(22)11-6-12(21-20-11)14(24)19-7-13(23)9-2-4-10(5-3-9)15(16,17)18/h2-6,13,23H,7H2,1H3,(H,19,24)(H,20,21). The molecule has 0 bridgehead atoms. The number of halogens is 3. The first-order chi connectivity index (χ1) is 11.2. The van der Waals surface area contributed by atoms with E-state index in [1.807, 2.05) is 0 Å². The highest BCUT2D eigenvalue weighted by Gasteiger charge is 2.30. The average molecular weight is 341 g/mol. The summed E-state index contributed by atoms with van der Waals surface area (Å²) < 4.78 is 37.4. The largest absolute Gasteiger partial charge is 0.416 e. The fourth-order valence-corrected chi connectivity index (χ4v) is 1.92. The molecule has 2 aromatic rings. The first-order valence-corrected chi connectivity index (χ1v) is 6.88. The van der Waals surface area contributed by atoms with Crippen LogP contribution in [0.2, 0.25) is 0 Å². The molecule has 1 heterocycles. The number of ketones is 1. The van der Waals surface area contributed by atoms with Gasteiger partial charge in [0.15, 0.2) is 5.78 Å². The van der Waals surface area contributed by atoms with Crippen molar-refractivity contribution in [1.82, 2.24) is 15.5 Å². The number of amides is 1. The zero-order valence-corrected chi connectivity index (χ0v) is 12.5. The van der Waals surface area contributed by atoms with Crippen molar-refractivity contribution in [1.29, 1.82) is 0 Å². The third-order valence-corrected chi connectivity index (χ3v) is 3.26. The third-order valence-electron chi connectivity index (χ3n) is 3.26. The highest BCUT2D eigenvalue weighted by molar-refractivity contribution is 5.97. The monoisotopic (exact) mass is 341 g/mol. The van der Waals surface area contributed by atoms with Gasteiger partial charge in [0.25, 0.3) is 5.91 Å². The van der Waals surface area contributed by atoms with E-state index in [1.54, 1.807) is 0 Å². The van der Waals surface area contributed by atoms with Crippen molar-refractivity contribution in [2.24, 2.45) is 0 Å². The second-order valence-electron chi connectivity index (χ2n) is 5.07. The predicted molar refractivity (Wildman–Crippen MR) is 77.3 cm³/mol. The van der Waals surface area contributed by atoms with E-state index in [-0.39, 0.29) is 29.3 Å². The molecule has 0 aliphatic rings. The predicted octanol–water partition coefficient (Wildman–Crippen LogP) is 2.09. The van der Waals surface area contributed by atoms with E-state index in [4.69, 9.17) is 0 Å². The minimum Gasteiger partial charge on any atom is -0.387 e. The van der Waals surface area contributed by atoms with Gasteiger partial charge in [-0.1, -0.05) is 12.1 Å². The van der Waals surface area contributed by atoms with Crippen LogP contribution in [0.15, 0.2) is 30.3 Å². The number of Topliss-reactive ketones (excluding diaryl/α,β-unsaturated/α-hetero) is 1. The maximum Gasteiger partial charge on any atom is 0.416 e. The van der Waals surface area contributed by atoms with Gasteiger partial charge < -0.3 is 10.4 Å². The number of hydrogen-bond acceptors (Lipinski definition) is 4. The zero-order valence-electron chi connectivity index (χ0n) is 12.5. The Morgan fingerprint density at radius 1 is 1.29 bits per heavy atom. The Labute approximate surface area is 134 Å². The number of H-pyrrole nitrogens is 1. The number of nitrogens with zero attached hydrogens (tertiary/aromatic N) is 1. The van der Waals surface area contributed by atoms with Gasteiger partial charge in [-0.15, -0.1) is 0 Å². The molecule has 0 aliphatic heterocycles. The van der Waals surface area contributed by atoms with Crippen LogP contribution in [0.1, 0.15) is 45.1 Å². The number of aromatic amines is 1. The van der Waals surface area contributed by atoms with Crippen LogP contribution in [0.3, 0.4) is 0 Å². The van der Waals surface area contributed by atoms with Crippen molar-refractivity contribution in [2.75, 3.05) is 6.54 Å². The summed E-state index contributed by atoms with van der Waals surface area (Å²) in [7, 11) is 0. The second-order valence-corrected chi connectivity index (χ2v) is 5.07. The van der Waals surface area contributed by atoms with Gasteiger partial charge in [0.2, 0.25) is 0 Å². The average Bonchev–Trinajstić information content (AvgIpc) is 3.02. The lowest BCUT2D eigenvalue weighted by atomic mass is 10.1. The van der Waals surface area contributed by atoms with E-state index in [9.17, 15) is 27.9 Å². The van der Waals surface area contributed by atoms with Crippen molar-refractivity contribution >= 4 is 11.7 Å². The summed E-state index contributed by atoms with van der Waals surface area (Å²) in [5.74, 6) is -0.906. The molecule has 24 heavy (non-hydrogen) atoms. The normalized spacial score (nSPS) is 12.7. The molecular weight excluding hydrogens is 327 g/mol. The summed E-state index contributed by atoms with van der Waals surface area (Å²) >= 11 is 0. The molecule has 0 spiro atoms. The zero-order chi connectivity index (χ0) is 17.9. The molecule has 1 aromatic carbocycles. The fourth-order valence-electron chi connectivity index (χ4n) is 1.92. The van der Waals surface area contributed by atoms with E-state index in [0.29, 0.717) is 0 Å². The lowest BCUT2D eigenvalue weighted by Crippen LogP contribution is -2.28. The molecule has 1 atom stereocenters. The number of hydrogen-bond donors (Lipinski definition) is 3. The van der Waals surface area contributed by atoms with E-state index < -0.39 is 23.8 Å². The number of aliphatic hydroxyl groups excluding tert-OH is 1. The lowest BCUT2D eigenvalue weighted by Gasteiger charge is -2.13. The van der Waals surface area contributed by atoms with Gasteiger partial charge in [0.05, 0.1) is 11.7 Å². The number of rotatable bonds is 5. The molecule has 0 saturated carbocycles. The number of aromatic nitrogens is 2. The summed E-state index contributed by atoms with van der Waals surface area (Å²) in [5, 5.41) is 18.4. The van der Waals surface area contributed by atoms with Crippen molar-refractivity contribution in [3.63, 3.8) is 0 Å². The van der Waals surface area contributed by atoms with E-state index in [2.05, 4.69) is 15.5 Å². The fraction of sp³-hybridized carbons (Fsp3) is 0.267. The summed E-state index contributed by atoms with van der Waals surface area (Å²) in [4.78, 5) is 22.9. The SMILES string of the molecule is CC(=O)c1cc(C(=O)NCC(O)c2ccc(C(F)(F)F)cc2)[nH]n1. The summed E-state index contributed by atoms with van der Waals surface area (Å²) in [6.07, 6.45) is -5.63. The Bertz CT molecular complexity index is 738. The van der Waals surface area contributed by atoms with Crippen molar-refractivity contribution in [3.05, 3.63) is 52.8 Å². The summed E-state index contributed by atoms with van der Waals surface area (Å²) in [6.45, 7) is 1.09. The van der Waals surface area contributed by atoms with Crippen LogP contribution in [0, 0.1) is 0 Å². The van der Waals surface area contributed by atoms with Gasteiger partial charge in [-0.05, 0) is 23.8 Å². The summed E-state index contributed by atoms with van der Waals surface area (Å²) in [5.41, 5.74) is -0.447. The first kappa shape index (κ1) is 17.7. The second kappa shape index (κ2) is 6.83. The molecular formula is C15H14F3N3O3. The molecule has 6 nitrogen and oxygen atoms in total. The highest BCUT2D eigenvalue weighted by Crippen LogP contribution is 2.29.